The van der Waals surface area contributed by atoms with Gasteiger partial charge in [-0.2, -0.15) is 0 Å². The van der Waals surface area contributed by atoms with Gasteiger partial charge in [-0.1, -0.05) is 30.7 Å². The van der Waals surface area contributed by atoms with E-state index in [9.17, 15) is 0 Å². The van der Waals surface area contributed by atoms with Gasteiger partial charge >= 0.3 is 0 Å². The zero-order valence-electron chi connectivity index (χ0n) is 10.8. The van der Waals surface area contributed by atoms with E-state index in [1.807, 2.05) is 24.9 Å². The average Bonchev–Trinajstić information content (AvgIpc) is 2.37. The van der Waals surface area contributed by atoms with Gasteiger partial charge in [0.1, 0.15) is 16.8 Å². The Morgan fingerprint density at radius 1 is 1.22 bits per heavy atom. The Balaban J connectivity index is 2.39. The van der Waals surface area contributed by atoms with Crippen LogP contribution in [0, 0.1) is 6.92 Å². The first-order valence-corrected chi connectivity index (χ1v) is 6.32. The van der Waals surface area contributed by atoms with Gasteiger partial charge in [0.25, 0.3) is 0 Å². The van der Waals surface area contributed by atoms with Crippen molar-refractivity contribution in [3.8, 4) is 0 Å². The Morgan fingerprint density at radius 2 is 2.00 bits per heavy atom. The second-order valence-electron chi connectivity index (χ2n) is 4.22. The SMILES string of the molecule is CCc1nc(Cl)cc(N(C)c2cccc(C)c2)n1. The largest absolute Gasteiger partial charge is 0.329 e. The zero-order chi connectivity index (χ0) is 13.1. The molecule has 0 atom stereocenters. The zero-order valence-corrected chi connectivity index (χ0v) is 11.6. The fraction of sp³-hybridized carbons (Fsp3) is 0.286. The number of hydrogen-bond acceptors (Lipinski definition) is 3. The summed E-state index contributed by atoms with van der Waals surface area (Å²) in [6, 6.07) is 10.0. The first-order valence-electron chi connectivity index (χ1n) is 5.94. The second-order valence-corrected chi connectivity index (χ2v) is 4.60. The van der Waals surface area contributed by atoms with E-state index >= 15 is 0 Å². The van der Waals surface area contributed by atoms with Crippen molar-refractivity contribution in [2.75, 3.05) is 11.9 Å². The van der Waals surface area contributed by atoms with Gasteiger partial charge in [0.05, 0.1) is 0 Å². The number of benzene rings is 1. The van der Waals surface area contributed by atoms with Crippen molar-refractivity contribution in [3.05, 3.63) is 46.9 Å². The fourth-order valence-corrected chi connectivity index (χ4v) is 1.95. The van der Waals surface area contributed by atoms with Gasteiger partial charge in [-0.15, -0.1) is 0 Å². The smallest absolute Gasteiger partial charge is 0.137 e. The molecule has 1 aromatic carbocycles. The third kappa shape index (κ3) is 2.79. The van der Waals surface area contributed by atoms with Crippen molar-refractivity contribution >= 4 is 23.1 Å². The van der Waals surface area contributed by atoms with Crippen molar-refractivity contribution in [3.63, 3.8) is 0 Å². The molecule has 0 N–H and O–H groups in total. The number of rotatable bonds is 3. The topological polar surface area (TPSA) is 29.0 Å². The number of anilines is 2. The van der Waals surface area contributed by atoms with Crippen LogP contribution in [-0.4, -0.2) is 17.0 Å². The summed E-state index contributed by atoms with van der Waals surface area (Å²) in [7, 11) is 1.98. The standard InChI is InChI=1S/C14H16ClN3/c1-4-13-16-12(15)9-14(17-13)18(3)11-7-5-6-10(2)8-11/h5-9H,4H2,1-3H3. The summed E-state index contributed by atoms with van der Waals surface area (Å²) in [5.41, 5.74) is 2.31. The van der Waals surface area contributed by atoms with Gasteiger partial charge in [0.15, 0.2) is 0 Å². The van der Waals surface area contributed by atoms with E-state index in [1.165, 1.54) is 5.56 Å². The van der Waals surface area contributed by atoms with Crippen LogP contribution in [0.25, 0.3) is 0 Å². The highest BCUT2D eigenvalue weighted by Gasteiger charge is 2.08. The summed E-state index contributed by atoms with van der Waals surface area (Å²) in [4.78, 5) is 10.7. The number of nitrogens with zero attached hydrogens (tertiary/aromatic N) is 3. The lowest BCUT2D eigenvalue weighted by atomic mass is 10.2. The molecule has 94 valence electrons. The lowest BCUT2D eigenvalue weighted by molar-refractivity contribution is 0.926. The monoisotopic (exact) mass is 261 g/mol. The first kappa shape index (κ1) is 12.8. The Morgan fingerprint density at radius 3 is 2.67 bits per heavy atom. The molecule has 0 saturated carbocycles. The molecule has 0 unspecified atom stereocenters. The van der Waals surface area contributed by atoms with E-state index in [0.29, 0.717) is 5.15 Å². The fourth-order valence-electron chi connectivity index (χ4n) is 1.75. The molecule has 0 fully saturated rings. The molecule has 0 saturated heterocycles. The highest BCUT2D eigenvalue weighted by atomic mass is 35.5. The summed E-state index contributed by atoms with van der Waals surface area (Å²) >= 11 is 6.01. The van der Waals surface area contributed by atoms with Crippen LogP contribution < -0.4 is 4.90 Å². The normalized spacial score (nSPS) is 10.4. The predicted molar refractivity (Wildman–Crippen MR) is 75.7 cm³/mol. The molecule has 1 heterocycles. The van der Waals surface area contributed by atoms with Gasteiger partial charge in [-0.05, 0) is 24.6 Å². The van der Waals surface area contributed by atoms with Crippen molar-refractivity contribution in [1.82, 2.24) is 9.97 Å². The van der Waals surface area contributed by atoms with Gasteiger partial charge in [0, 0.05) is 25.2 Å². The third-order valence-corrected chi connectivity index (χ3v) is 2.97. The minimum absolute atomic E-state index is 0.483. The third-order valence-electron chi connectivity index (χ3n) is 2.78. The van der Waals surface area contributed by atoms with Crippen molar-refractivity contribution in [1.29, 1.82) is 0 Å². The molecule has 0 spiro atoms. The molecular formula is C14H16ClN3. The van der Waals surface area contributed by atoms with Crippen LogP contribution in [0.15, 0.2) is 30.3 Å². The quantitative estimate of drug-likeness (QED) is 0.788. The maximum Gasteiger partial charge on any atom is 0.137 e. The van der Waals surface area contributed by atoms with E-state index in [4.69, 9.17) is 11.6 Å². The highest BCUT2D eigenvalue weighted by Crippen LogP contribution is 2.24. The van der Waals surface area contributed by atoms with E-state index in [2.05, 4.69) is 35.1 Å². The predicted octanol–water partition coefficient (Wildman–Crippen LogP) is 3.77. The molecule has 0 aliphatic heterocycles. The summed E-state index contributed by atoms with van der Waals surface area (Å²) < 4.78 is 0. The van der Waals surface area contributed by atoms with E-state index in [1.54, 1.807) is 6.07 Å². The molecule has 0 aliphatic carbocycles. The van der Waals surface area contributed by atoms with Crippen LogP contribution >= 0.6 is 11.6 Å². The van der Waals surface area contributed by atoms with Crippen molar-refractivity contribution in [2.45, 2.75) is 20.3 Å². The molecule has 18 heavy (non-hydrogen) atoms. The van der Waals surface area contributed by atoms with Crippen LogP contribution in [0.3, 0.4) is 0 Å². The molecular weight excluding hydrogens is 246 g/mol. The van der Waals surface area contributed by atoms with Crippen molar-refractivity contribution in [2.24, 2.45) is 0 Å². The minimum Gasteiger partial charge on any atom is -0.329 e. The van der Waals surface area contributed by atoms with Crippen molar-refractivity contribution < 1.29 is 0 Å². The molecule has 4 heteroatoms. The van der Waals surface area contributed by atoms with Crippen LogP contribution in [0.5, 0.6) is 0 Å². The maximum absolute atomic E-state index is 6.01. The molecule has 2 rings (SSSR count). The summed E-state index contributed by atoms with van der Waals surface area (Å²) in [6.45, 7) is 4.09. The van der Waals surface area contributed by atoms with Crippen LogP contribution in [0.1, 0.15) is 18.3 Å². The van der Waals surface area contributed by atoms with Crippen LogP contribution in [0.2, 0.25) is 5.15 Å². The molecule has 0 aliphatic rings. The molecule has 1 aromatic heterocycles. The Bertz CT molecular complexity index is 554. The summed E-state index contributed by atoms with van der Waals surface area (Å²) in [6.07, 6.45) is 0.773. The van der Waals surface area contributed by atoms with E-state index in [0.717, 1.165) is 23.8 Å². The molecule has 3 nitrogen and oxygen atoms in total. The average molecular weight is 262 g/mol. The van der Waals surface area contributed by atoms with Crippen LogP contribution in [-0.2, 0) is 6.42 Å². The van der Waals surface area contributed by atoms with Gasteiger partial charge in [-0.3, -0.25) is 0 Å². The van der Waals surface area contributed by atoms with Gasteiger partial charge in [-0.25, -0.2) is 9.97 Å². The van der Waals surface area contributed by atoms with E-state index < -0.39 is 0 Å². The number of hydrogen-bond donors (Lipinski definition) is 0. The highest BCUT2D eigenvalue weighted by molar-refractivity contribution is 6.29. The lowest BCUT2D eigenvalue weighted by Gasteiger charge is -2.19. The van der Waals surface area contributed by atoms with Gasteiger partial charge in [0.2, 0.25) is 0 Å². The molecule has 0 radical (unpaired) electrons. The lowest BCUT2D eigenvalue weighted by Crippen LogP contribution is -2.12. The summed E-state index contributed by atoms with van der Waals surface area (Å²) in [5, 5.41) is 0.483. The second kappa shape index (κ2) is 5.36. The summed E-state index contributed by atoms with van der Waals surface area (Å²) in [5.74, 6) is 1.58. The number of aryl methyl sites for hydroxylation is 2. The number of aromatic nitrogens is 2. The first-order chi connectivity index (χ1) is 8.60. The Labute approximate surface area is 112 Å². The van der Waals surface area contributed by atoms with Crippen LogP contribution in [0.4, 0.5) is 11.5 Å². The Hall–Kier alpha value is -1.61. The maximum atomic E-state index is 6.01. The minimum atomic E-state index is 0.483. The molecule has 2 aromatic rings. The molecule has 0 amide bonds. The van der Waals surface area contributed by atoms with Gasteiger partial charge < -0.3 is 4.90 Å². The molecule has 0 bridgehead atoms. The van der Waals surface area contributed by atoms with E-state index in [-0.39, 0.29) is 0 Å². The number of halogens is 1. The Kier molecular flexibility index (Phi) is 3.82.